The van der Waals surface area contributed by atoms with Gasteiger partial charge in [-0.2, -0.15) is 0 Å². The molecule has 2 N–H and O–H groups in total. The number of halogens is 1. The van der Waals surface area contributed by atoms with Crippen LogP contribution in [0.5, 0.6) is 0 Å². The van der Waals surface area contributed by atoms with Crippen LogP contribution < -0.4 is 10.6 Å². The number of rotatable bonds is 6. The van der Waals surface area contributed by atoms with Gasteiger partial charge in [0.2, 0.25) is 0 Å². The first-order valence-electron chi connectivity index (χ1n) is 10.2. The molecular formula is C24H25FN4O. The summed E-state index contributed by atoms with van der Waals surface area (Å²) in [5, 5.41) is 5.61. The first-order chi connectivity index (χ1) is 14.7. The summed E-state index contributed by atoms with van der Waals surface area (Å²) in [4.78, 5) is 19.1. The van der Waals surface area contributed by atoms with Crippen LogP contribution in [-0.2, 0) is 13.1 Å². The Morgan fingerprint density at radius 2 is 1.80 bits per heavy atom. The smallest absolute Gasteiger partial charge is 0.319 e. The van der Waals surface area contributed by atoms with Gasteiger partial charge in [-0.15, -0.1) is 0 Å². The minimum atomic E-state index is -0.290. The molecule has 1 aliphatic heterocycles. The lowest BCUT2D eigenvalue weighted by Crippen LogP contribution is -2.28. The lowest BCUT2D eigenvalue weighted by atomic mass is 10.1. The predicted octanol–water partition coefficient (Wildman–Crippen LogP) is 4.88. The van der Waals surface area contributed by atoms with Gasteiger partial charge in [-0.3, -0.25) is 9.88 Å². The second-order valence-electron chi connectivity index (χ2n) is 7.51. The zero-order valence-electron chi connectivity index (χ0n) is 16.7. The van der Waals surface area contributed by atoms with E-state index in [9.17, 15) is 9.18 Å². The summed E-state index contributed by atoms with van der Waals surface area (Å²) in [6, 6.07) is 20.2. The van der Waals surface area contributed by atoms with Crippen molar-refractivity contribution in [2.24, 2.45) is 0 Å². The number of hydrogen-bond donors (Lipinski definition) is 2. The van der Waals surface area contributed by atoms with E-state index >= 15 is 0 Å². The number of likely N-dealkylation sites (tertiary alicyclic amines) is 1. The first-order valence-corrected chi connectivity index (χ1v) is 10.2. The SMILES string of the molecule is O=C(NCc1ccc(F)cc1)Nc1ccc(CN2CCCC2c2ccccn2)cc1. The van der Waals surface area contributed by atoms with Crippen LogP contribution >= 0.6 is 0 Å². The number of amides is 2. The van der Waals surface area contributed by atoms with E-state index in [1.165, 1.54) is 24.1 Å². The van der Waals surface area contributed by atoms with Gasteiger partial charge >= 0.3 is 6.03 Å². The summed E-state index contributed by atoms with van der Waals surface area (Å²) in [5.74, 6) is -0.288. The van der Waals surface area contributed by atoms with Gasteiger partial charge in [-0.05, 0) is 66.9 Å². The lowest BCUT2D eigenvalue weighted by Gasteiger charge is -2.24. The average Bonchev–Trinajstić information content (AvgIpc) is 3.23. The number of urea groups is 1. The van der Waals surface area contributed by atoms with Crippen LogP contribution in [0.15, 0.2) is 72.9 Å². The molecule has 2 aromatic carbocycles. The van der Waals surface area contributed by atoms with Gasteiger partial charge in [0.05, 0.1) is 11.7 Å². The zero-order chi connectivity index (χ0) is 20.8. The molecule has 1 fully saturated rings. The van der Waals surface area contributed by atoms with Gasteiger partial charge in [0, 0.05) is 25.0 Å². The Bertz CT molecular complexity index is 961. The number of carbonyl (C=O) groups excluding carboxylic acids is 1. The van der Waals surface area contributed by atoms with E-state index in [0.29, 0.717) is 12.6 Å². The molecule has 5 nitrogen and oxygen atoms in total. The molecule has 0 aliphatic carbocycles. The zero-order valence-corrected chi connectivity index (χ0v) is 16.7. The van der Waals surface area contributed by atoms with E-state index in [-0.39, 0.29) is 11.8 Å². The summed E-state index contributed by atoms with van der Waals surface area (Å²) >= 11 is 0. The molecule has 1 aliphatic rings. The van der Waals surface area contributed by atoms with Crippen LogP contribution in [-0.4, -0.2) is 22.5 Å². The van der Waals surface area contributed by atoms with Crippen LogP contribution in [0.2, 0.25) is 0 Å². The van der Waals surface area contributed by atoms with Gasteiger partial charge < -0.3 is 10.6 Å². The fourth-order valence-corrected chi connectivity index (χ4v) is 3.81. The summed E-state index contributed by atoms with van der Waals surface area (Å²) in [5.41, 5.74) is 3.91. The molecule has 0 saturated carbocycles. The normalized spacial score (nSPS) is 16.4. The molecule has 0 radical (unpaired) electrons. The van der Waals surface area contributed by atoms with Crippen molar-refractivity contribution in [1.82, 2.24) is 15.2 Å². The molecule has 1 saturated heterocycles. The average molecular weight is 404 g/mol. The van der Waals surface area contributed by atoms with Gasteiger partial charge in [0.15, 0.2) is 0 Å². The molecule has 4 rings (SSSR count). The van der Waals surface area contributed by atoms with Crippen LogP contribution in [0.4, 0.5) is 14.9 Å². The Labute approximate surface area is 176 Å². The Hall–Kier alpha value is -3.25. The van der Waals surface area contributed by atoms with E-state index in [2.05, 4.69) is 26.6 Å². The van der Waals surface area contributed by atoms with Crippen LogP contribution in [0.1, 0.15) is 35.7 Å². The fourth-order valence-electron chi connectivity index (χ4n) is 3.81. The summed E-state index contributed by atoms with van der Waals surface area (Å²) < 4.78 is 12.9. The van der Waals surface area contributed by atoms with Crippen LogP contribution in [0.3, 0.4) is 0 Å². The quantitative estimate of drug-likeness (QED) is 0.616. The molecule has 6 heteroatoms. The Morgan fingerprint density at radius 1 is 1.03 bits per heavy atom. The summed E-state index contributed by atoms with van der Waals surface area (Å²) in [6.07, 6.45) is 4.16. The third-order valence-electron chi connectivity index (χ3n) is 5.36. The fraction of sp³-hybridized carbons (Fsp3) is 0.250. The van der Waals surface area contributed by atoms with Crippen molar-refractivity contribution in [3.63, 3.8) is 0 Å². The topological polar surface area (TPSA) is 57.3 Å². The molecule has 2 heterocycles. The monoisotopic (exact) mass is 404 g/mol. The number of aromatic nitrogens is 1. The standard InChI is InChI=1S/C24H25FN4O/c25-20-10-6-18(7-11-20)16-27-24(30)28-21-12-8-19(9-13-21)17-29-15-3-5-23(29)22-4-1-2-14-26-22/h1-2,4,6-14,23H,3,5,15-17H2,(H2,27,28,30). The maximum absolute atomic E-state index is 12.9. The van der Waals surface area contributed by atoms with E-state index in [4.69, 9.17) is 0 Å². The minimum absolute atomic E-state index is 0.288. The molecule has 30 heavy (non-hydrogen) atoms. The molecule has 0 bridgehead atoms. The third-order valence-corrected chi connectivity index (χ3v) is 5.36. The number of hydrogen-bond acceptors (Lipinski definition) is 3. The molecule has 1 unspecified atom stereocenters. The second kappa shape index (κ2) is 9.50. The molecular weight excluding hydrogens is 379 g/mol. The number of pyridine rings is 1. The van der Waals surface area contributed by atoms with Crippen molar-refractivity contribution >= 4 is 11.7 Å². The maximum Gasteiger partial charge on any atom is 0.319 e. The minimum Gasteiger partial charge on any atom is -0.334 e. The number of carbonyl (C=O) groups is 1. The van der Waals surface area contributed by atoms with Crippen molar-refractivity contribution in [3.05, 3.63) is 95.6 Å². The predicted molar refractivity (Wildman–Crippen MR) is 115 cm³/mol. The van der Waals surface area contributed by atoms with Gasteiger partial charge in [-0.1, -0.05) is 30.3 Å². The third kappa shape index (κ3) is 5.21. The molecule has 154 valence electrons. The van der Waals surface area contributed by atoms with E-state index < -0.39 is 0 Å². The van der Waals surface area contributed by atoms with Crippen LogP contribution in [0.25, 0.3) is 0 Å². The van der Waals surface area contributed by atoms with Gasteiger partial charge in [0.1, 0.15) is 5.82 Å². The highest BCUT2D eigenvalue weighted by atomic mass is 19.1. The highest BCUT2D eigenvalue weighted by Crippen LogP contribution is 2.32. The van der Waals surface area contributed by atoms with E-state index in [0.717, 1.165) is 36.5 Å². The lowest BCUT2D eigenvalue weighted by molar-refractivity contribution is 0.244. The van der Waals surface area contributed by atoms with Crippen LogP contribution in [0, 0.1) is 5.82 Å². The number of nitrogens with one attached hydrogen (secondary N) is 2. The Balaban J connectivity index is 1.29. The van der Waals surface area contributed by atoms with Gasteiger partial charge in [-0.25, -0.2) is 9.18 Å². The summed E-state index contributed by atoms with van der Waals surface area (Å²) in [6.45, 7) is 2.26. The second-order valence-corrected chi connectivity index (χ2v) is 7.51. The number of anilines is 1. The van der Waals surface area contributed by atoms with Gasteiger partial charge in [0.25, 0.3) is 0 Å². The van der Waals surface area contributed by atoms with Crippen molar-refractivity contribution < 1.29 is 9.18 Å². The number of nitrogens with zero attached hydrogens (tertiary/aromatic N) is 2. The maximum atomic E-state index is 12.9. The van der Waals surface area contributed by atoms with Crippen molar-refractivity contribution in [1.29, 1.82) is 0 Å². The van der Waals surface area contributed by atoms with Crippen molar-refractivity contribution in [2.75, 3.05) is 11.9 Å². The van der Waals surface area contributed by atoms with E-state index in [1.54, 1.807) is 12.1 Å². The highest BCUT2D eigenvalue weighted by Gasteiger charge is 2.26. The summed E-state index contributed by atoms with van der Waals surface area (Å²) in [7, 11) is 0. The molecule has 2 amide bonds. The number of benzene rings is 2. The molecule has 1 atom stereocenters. The Kier molecular flexibility index (Phi) is 6.35. The highest BCUT2D eigenvalue weighted by molar-refractivity contribution is 5.89. The Morgan fingerprint density at radius 3 is 2.53 bits per heavy atom. The van der Waals surface area contributed by atoms with Crippen molar-refractivity contribution in [3.8, 4) is 0 Å². The molecule has 3 aromatic rings. The molecule has 0 spiro atoms. The van der Waals surface area contributed by atoms with Crippen molar-refractivity contribution in [2.45, 2.75) is 32.0 Å². The first kappa shape index (κ1) is 20.0. The molecule has 1 aromatic heterocycles. The largest absolute Gasteiger partial charge is 0.334 e. The van der Waals surface area contributed by atoms with E-state index in [1.807, 2.05) is 42.6 Å².